The highest BCUT2D eigenvalue weighted by Crippen LogP contribution is 2.27. The van der Waals surface area contributed by atoms with Gasteiger partial charge < -0.3 is 4.90 Å². The molecule has 1 aliphatic heterocycles. The van der Waals surface area contributed by atoms with Gasteiger partial charge in [0, 0.05) is 43.6 Å². The van der Waals surface area contributed by atoms with Crippen molar-refractivity contribution in [1.29, 1.82) is 0 Å². The number of amides is 1. The van der Waals surface area contributed by atoms with Crippen LogP contribution in [0.3, 0.4) is 0 Å². The lowest BCUT2D eigenvalue weighted by Gasteiger charge is -2.39. The standard InChI is InChI=1S/C15H18N4O/c1-11(2)19-8-5-14(17-19)15(20)18-9-13(10-18)12-3-6-16-7-4-12/h3-8,11,13H,9-10H2,1-2H3. The summed E-state index contributed by atoms with van der Waals surface area (Å²) in [6.07, 6.45) is 5.45. The van der Waals surface area contributed by atoms with E-state index in [9.17, 15) is 4.79 Å². The molecular formula is C15H18N4O. The molecule has 5 heteroatoms. The van der Waals surface area contributed by atoms with Gasteiger partial charge >= 0.3 is 0 Å². The highest BCUT2D eigenvalue weighted by atomic mass is 16.2. The van der Waals surface area contributed by atoms with Crippen LogP contribution in [0.25, 0.3) is 0 Å². The first-order valence-corrected chi connectivity index (χ1v) is 6.89. The van der Waals surface area contributed by atoms with Crippen LogP contribution in [0.5, 0.6) is 0 Å². The van der Waals surface area contributed by atoms with Gasteiger partial charge in [0.1, 0.15) is 5.69 Å². The summed E-state index contributed by atoms with van der Waals surface area (Å²) in [6.45, 7) is 5.61. The van der Waals surface area contributed by atoms with E-state index in [1.165, 1.54) is 5.56 Å². The summed E-state index contributed by atoms with van der Waals surface area (Å²) in [5, 5.41) is 4.33. The Hall–Kier alpha value is -2.17. The van der Waals surface area contributed by atoms with Crippen molar-refractivity contribution in [2.75, 3.05) is 13.1 Å². The van der Waals surface area contributed by atoms with Crippen LogP contribution in [-0.2, 0) is 0 Å². The lowest BCUT2D eigenvalue weighted by atomic mass is 9.92. The number of hydrogen-bond donors (Lipinski definition) is 0. The highest BCUT2D eigenvalue weighted by molar-refractivity contribution is 5.92. The number of pyridine rings is 1. The number of likely N-dealkylation sites (tertiary alicyclic amines) is 1. The fourth-order valence-electron chi connectivity index (χ4n) is 2.39. The van der Waals surface area contributed by atoms with Gasteiger partial charge in [0.25, 0.3) is 5.91 Å². The van der Waals surface area contributed by atoms with Gasteiger partial charge in [0.05, 0.1) is 0 Å². The van der Waals surface area contributed by atoms with E-state index in [0.29, 0.717) is 11.6 Å². The Labute approximate surface area is 118 Å². The monoisotopic (exact) mass is 270 g/mol. The molecule has 0 aliphatic carbocycles. The number of nitrogens with zero attached hydrogens (tertiary/aromatic N) is 4. The van der Waals surface area contributed by atoms with Crippen LogP contribution in [0.15, 0.2) is 36.8 Å². The summed E-state index contributed by atoms with van der Waals surface area (Å²) >= 11 is 0. The minimum atomic E-state index is 0.0229. The van der Waals surface area contributed by atoms with E-state index in [-0.39, 0.29) is 11.9 Å². The molecule has 2 aromatic rings. The number of aromatic nitrogens is 3. The number of rotatable bonds is 3. The second-order valence-electron chi connectivity index (χ2n) is 5.46. The van der Waals surface area contributed by atoms with E-state index in [4.69, 9.17) is 0 Å². The van der Waals surface area contributed by atoms with Crippen molar-refractivity contribution in [3.63, 3.8) is 0 Å². The molecule has 3 heterocycles. The molecule has 0 atom stereocenters. The van der Waals surface area contributed by atoms with Crippen molar-refractivity contribution >= 4 is 5.91 Å². The van der Waals surface area contributed by atoms with Gasteiger partial charge in [-0.15, -0.1) is 0 Å². The fourth-order valence-corrected chi connectivity index (χ4v) is 2.39. The lowest BCUT2D eigenvalue weighted by Crippen LogP contribution is -2.48. The molecule has 0 saturated carbocycles. The third-order valence-corrected chi connectivity index (χ3v) is 3.70. The quantitative estimate of drug-likeness (QED) is 0.858. The molecule has 1 saturated heterocycles. The average Bonchev–Trinajstić information content (AvgIpc) is 2.88. The van der Waals surface area contributed by atoms with Crippen molar-refractivity contribution in [3.05, 3.63) is 48.0 Å². The van der Waals surface area contributed by atoms with E-state index in [0.717, 1.165) is 13.1 Å². The molecule has 3 rings (SSSR count). The molecule has 0 radical (unpaired) electrons. The summed E-state index contributed by atoms with van der Waals surface area (Å²) in [4.78, 5) is 18.1. The van der Waals surface area contributed by atoms with Crippen molar-refractivity contribution < 1.29 is 4.79 Å². The first-order chi connectivity index (χ1) is 9.65. The van der Waals surface area contributed by atoms with Crippen LogP contribution >= 0.6 is 0 Å². The van der Waals surface area contributed by atoms with Gasteiger partial charge in [-0.05, 0) is 37.6 Å². The zero-order valence-electron chi connectivity index (χ0n) is 11.7. The van der Waals surface area contributed by atoms with Crippen LogP contribution in [-0.4, -0.2) is 38.7 Å². The fraction of sp³-hybridized carbons (Fsp3) is 0.400. The summed E-state index contributed by atoms with van der Waals surface area (Å²) in [7, 11) is 0. The topological polar surface area (TPSA) is 51.0 Å². The second-order valence-corrected chi connectivity index (χ2v) is 5.46. The molecule has 104 valence electrons. The molecule has 0 N–H and O–H groups in total. The van der Waals surface area contributed by atoms with Crippen molar-refractivity contribution in [2.45, 2.75) is 25.8 Å². The Kier molecular flexibility index (Phi) is 3.26. The Morgan fingerprint density at radius 2 is 1.95 bits per heavy atom. The van der Waals surface area contributed by atoms with E-state index in [1.807, 2.05) is 41.8 Å². The SMILES string of the molecule is CC(C)n1ccc(C(=O)N2CC(c3ccncc3)C2)n1. The third kappa shape index (κ3) is 2.31. The largest absolute Gasteiger partial charge is 0.336 e. The molecule has 1 fully saturated rings. The smallest absolute Gasteiger partial charge is 0.274 e. The zero-order chi connectivity index (χ0) is 14.1. The van der Waals surface area contributed by atoms with Gasteiger partial charge in [0.15, 0.2) is 0 Å². The van der Waals surface area contributed by atoms with Crippen molar-refractivity contribution in [1.82, 2.24) is 19.7 Å². The van der Waals surface area contributed by atoms with E-state index in [2.05, 4.69) is 10.1 Å². The lowest BCUT2D eigenvalue weighted by molar-refractivity contribution is 0.0595. The molecule has 0 bridgehead atoms. The normalized spacial score (nSPS) is 15.4. The predicted octanol–water partition coefficient (Wildman–Crippen LogP) is 2.10. The number of carbonyl (C=O) groups is 1. The molecule has 20 heavy (non-hydrogen) atoms. The maximum absolute atomic E-state index is 12.3. The average molecular weight is 270 g/mol. The van der Waals surface area contributed by atoms with Gasteiger partial charge in [-0.1, -0.05) is 0 Å². The molecule has 2 aromatic heterocycles. The Bertz CT molecular complexity index is 599. The predicted molar refractivity (Wildman–Crippen MR) is 75.5 cm³/mol. The molecule has 5 nitrogen and oxygen atoms in total. The summed E-state index contributed by atoms with van der Waals surface area (Å²) in [5.74, 6) is 0.448. The van der Waals surface area contributed by atoms with Crippen LogP contribution in [0.4, 0.5) is 0 Å². The zero-order valence-corrected chi connectivity index (χ0v) is 11.7. The summed E-state index contributed by atoms with van der Waals surface area (Å²) in [6, 6.07) is 6.10. The van der Waals surface area contributed by atoms with Gasteiger partial charge in [-0.2, -0.15) is 5.10 Å². The van der Waals surface area contributed by atoms with Gasteiger partial charge in [0.2, 0.25) is 0 Å². The van der Waals surface area contributed by atoms with Crippen LogP contribution < -0.4 is 0 Å². The summed E-state index contributed by atoms with van der Waals surface area (Å²) in [5.41, 5.74) is 1.78. The molecule has 0 spiro atoms. The second kappa shape index (κ2) is 5.07. The van der Waals surface area contributed by atoms with E-state index in [1.54, 1.807) is 18.5 Å². The van der Waals surface area contributed by atoms with Crippen LogP contribution in [0.1, 0.15) is 41.9 Å². The molecule has 1 amide bonds. The maximum atomic E-state index is 12.3. The van der Waals surface area contributed by atoms with Crippen molar-refractivity contribution in [3.8, 4) is 0 Å². The molecule has 1 aliphatic rings. The Morgan fingerprint density at radius 3 is 2.55 bits per heavy atom. The third-order valence-electron chi connectivity index (χ3n) is 3.70. The number of hydrogen-bond acceptors (Lipinski definition) is 3. The van der Waals surface area contributed by atoms with Crippen LogP contribution in [0, 0.1) is 0 Å². The molecule has 0 aromatic carbocycles. The maximum Gasteiger partial charge on any atom is 0.274 e. The Morgan fingerprint density at radius 1 is 1.25 bits per heavy atom. The first kappa shape index (κ1) is 12.8. The van der Waals surface area contributed by atoms with Gasteiger partial charge in [-0.3, -0.25) is 14.5 Å². The summed E-state index contributed by atoms with van der Waals surface area (Å²) < 4.78 is 1.81. The molecular weight excluding hydrogens is 252 g/mol. The first-order valence-electron chi connectivity index (χ1n) is 6.89. The highest BCUT2D eigenvalue weighted by Gasteiger charge is 2.33. The molecule has 0 unspecified atom stereocenters. The minimum absolute atomic E-state index is 0.0229. The minimum Gasteiger partial charge on any atom is -0.336 e. The number of carbonyl (C=O) groups excluding carboxylic acids is 1. The van der Waals surface area contributed by atoms with Crippen molar-refractivity contribution in [2.24, 2.45) is 0 Å². The van der Waals surface area contributed by atoms with Gasteiger partial charge in [-0.25, -0.2) is 0 Å². The Balaban J connectivity index is 1.63. The van der Waals surface area contributed by atoms with E-state index < -0.39 is 0 Å². The van der Waals surface area contributed by atoms with E-state index >= 15 is 0 Å². The van der Waals surface area contributed by atoms with Crippen LogP contribution in [0.2, 0.25) is 0 Å².